The van der Waals surface area contributed by atoms with Crippen LogP contribution in [0, 0.1) is 0 Å². The maximum Gasteiger partial charge on any atom is 0.338 e. The van der Waals surface area contributed by atoms with Gasteiger partial charge in [0.25, 0.3) is 5.91 Å². The number of esters is 1. The van der Waals surface area contributed by atoms with Crippen LogP contribution in [-0.2, 0) is 16.1 Å². The second-order valence-corrected chi connectivity index (χ2v) is 7.65. The third-order valence-electron chi connectivity index (χ3n) is 4.47. The van der Waals surface area contributed by atoms with Gasteiger partial charge in [0.2, 0.25) is 0 Å². The predicted molar refractivity (Wildman–Crippen MR) is 112 cm³/mol. The van der Waals surface area contributed by atoms with Gasteiger partial charge in [0.05, 0.1) is 22.3 Å². The van der Waals surface area contributed by atoms with E-state index in [9.17, 15) is 9.59 Å². The smallest absolute Gasteiger partial charge is 0.338 e. The Bertz CT molecular complexity index is 1100. The highest BCUT2D eigenvalue weighted by molar-refractivity contribution is 7.18. The lowest BCUT2D eigenvalue weighted by atomic mass is 10.2. The average molecular weight is 405 g/mol. The lowest BCUT2D eigenvalue weighted by Gasteiger charge is -2.15. The number of ether oxygens (including phenoxy) is 1. The van der Waals surface area contributed by atoms with E-state index in [0.29, 0.717) is 12.1 Å². The summed E-state index contributed by atoms with van der Waals surface area (Å²) in [6, 6.07) is 18.7. The van der Waals surface area contributed by atoms with Crippen molar-refractivity contribution in [1.82, 2.24) is 14.5 Å². The van der Waals surface area contributed by atoms with Crippen molar-refractivity contribution in [2.45, 2.75) is 6.54 Å². The second kappa shape index (κ2) is 8.28. The average Bonchev–Trinajstić information content (AvgIpc) is 3.41. The van der Waals surface area contributed by atoms with Crippen molar-refractivity contribution in [1.29, 1.82) is 0 Å². The van der Waals surface area contributed by atoms with Crippen LogP contribution in [0.5, 0.6) is 0 Å². The molecule has 146 valence electrons. The van der Waals surface area contributed by atoms with Crippen LogP contribution in [0.2, 0.25) is 0 Å². The number of rotatable bonds is 6. The van der Waals surface area contributed by atoms with E-state index in [2.05, 4.69) is 4.98 Å². The quantitative estimate of drug-likeness (QED) is 0.457. The van der Waals surface area contributed by atoms with Gasteiger partial charge >= 0.3 is 5.97 Å². The zero-order valence-electron chi connectivity index (χ0n) is 15.8. The lowest BCUT2D eigenvalue weighted by Crippen LogP contribution is -2.30. The van der Waals surface area contributed by atoms with Crippen LogP contribution < -0.4 is 0 Å². The molecule has 0 atom stereocenters. The minimum Gasteiger partial charge on any atom is -0.452 e. The minimum absolute atomic E-state index is 0.276. The van der Waals surface area contributed by atoms with E-state index in [4.69, 9.17) is 4.74 Å². The van der Waals surface area contributed by atoms with Crippen molar-refractivity contribution in [3.05, 3.63) is 83.6 Å². The van der Waals surface area contributed by atoms with Crippen LogP contribution in [0.1, 0.15) is 15.4 Å². The van der Waals surface area contributed by atoms with Crippen molar-refractivity contribution in [2.75, 3.05) is 13.7 Å². The molecule has 4 rings (SSSR count). The summed E-state index contributed by atoms with van der Waals surface area (Å²) in [5.41, 5.74) is 2.27. The molecule has 2 heterocycles. The predicted octanol–water partition coefficient (Wildman–Crippen LogP) is 3.90. The Hall–Kier alpha value is -3.45. The third-order valence-corrected chi connectivity index (χ3v) is 5.49. The summed E-state index contributed by atoms with van der Waals surface area (Å²) in [7, 11) is 1.67. The number of para-hydroxylation sites is 1. The summed E-state index contributed by atoms with van der Waals surface area (Å²) < 4.78 is 8.21. The zero-order valence-corrected chi connectivity index (χ0v) is 16.6. The van der Waals surface area contributed by atoms with Gasteiger partial charge in [-0.15, -0.1) is 11.3 Å². The van der Waals surface area contributed by atoms with Crippen molar-refractivity contribution >= 4 is 33.4 Å². The molecular weight excluding hydrogens is 386 g/mol. The molecule has 0 aliphatic carbocycles. The Kier molecular flexibility index (Phi) is 5.39. The number of thiazole rings is 1. The van der Waals surface area contributed by atoms with Crippen LogP contribution in [0.25, 0.3) is 15.9 Å². The Labute approximate surface area is 172 Å². The molecule has 0 radical (unpaired) electrons. The second-order valence-electron chi connectivity index (χ2n) is 6.54. The molecular formula is C22H19N3O3S. The highest BCUT2D eigenvalue weighted by Gasteiger charge is 2.15. The SMILES string of the molecule is CN(Cc1nc2ccccc2s1)C(=O)COC(=O)c1ccc(-n2cccc2)cc1. The summed E-state index contributed by atoms with van der Waals surface area (Å²) >= 11 is 1.55. The number of aromatic nitrogens is 2. The van der Waals surface area contributed by atoms with E-state index in [1.54, 1.807) is 30.5 Å². The molecule has 1 amide bonds. The van der Waals surface area contributed by atoms with Crippen molar-refractivity contribution in [2.24, 2.45) is 0 Å². The first-order valence-corrected chi connectivity index (χ1v) is 9.91. The van der Waals surface area contributed by atoms with Crippen LogP contribution in [0.4, 0.5) is 0 Å². The van der Waals surface area contributed by atoms with E-state index in [0.717, 1.165) is 20.9 Å². The van der Waals surface area contributed by atoms with Gasteiger partial charge in [0.1, 0.15) is 5.01 Å². The fourth-order valence-electron chi connectivity index (χ4n) is 2.88. The van der Waals surface area contributed by atoms with Gasteiger partial charge in [-0.25, -0.2) is 9.78 Å². The van der Waals surface area contributed by atoms with Crippen molar-refractivity contribution < 1.29 is 14.3 Å². The van der Waals surface area contributed by atoms with E-state index < -0.39 is 5.97 Å². The summed E-state index contributed by atoms with van der Waals surface area (Å²) in [4.78, 5) is 30.6. The molecule has 0 bridgehead atoms. The molecule has 6 nitrogen and oxygen atoms in total. The molecule has 0 unspecified atom stereocenters. The summed E-state index contributed by atoms with van der Waals surface area (Å²) in [5, 5.41) is 0.842. The van der Waals surface area contributed by atoms with Crippen LogP contribution >= 0.6 is 11.3 Å². The highest BCUT2D eigenvalue weighted by Crippen LogP contribution is 2.22. The van der Waals surface area contributed by atoms with Gasteiger partial charge in [-0.05, 0) is 48.5 Å². The number of carbonyl (C=O) groups excluding carboxylic acids is 2. The number of benzene rings is 2. The first-order chi connectivity index (χ1) is 14.1. The number of amides is 1. The van der Waals surface area contributed by atoms with Gasteiger partial charge in [-0.2, -0.15) is 0 Å². The zero-order chi connectivity index (χ0) is 20.2. The largest absolute Gasteiger partial charge is 0.452 e. The van der Waals surface area contributed by atoms with Crippen LogP contribution in [0.3, 0.4) is 0 Å². The summed E-state index contributed by atoms with van der Waals surface area (Å²) in [5.74, 6) is -0.799. The number of carbonyl (C=O) groups is 2. The summed E-state index contributed by atoms with van der Waals surface area (Å²) in [6.45, 7) is 0.0703. The van der Waals surface area contributed by atoms with E-state index in [1.807, 2.05) is 65.5 Å². The molecule has 29 heavy (non-hydrogen) atoms. The van der Waals surface area contributed by atoms with Gasteiger partial charge in [0, 0.05) is 25.1 Å². The third kappa shape index (κ3) is 4.35. The van der Waals surface area contributed by atoms with Gasteiger partial charge in [-0.1, -0.05) is 12.1 Å². The van der Waals surface area contributed by atoms with E-state index >= 15 is 0 Å². The molecule has 2 aromatic carbocycles. The maximum absolute atomic E-state index is 12.3. The maximum atomic E-state index is 12.3. The molecule has 0 saturated heterocycles. The molecule has 0 saturated carbocycles. The molecule has 2 aromatic heterocycles. The number of nitrogens with zero attached hydrogens (tertiary/aromatic N) is 3. The van der Waals surface area contributed by atoms with E-state index in [-0.39, 0.29) is 12.5 Å². The number of hydrogen-bond donors (Lipinski definition) is 0. The standard InChI is InChI=1S/C22H19N3O3S/c1-24(14-20-23-18-6-2-3-7-19(18)29-20)21(26)15-28-22(27)16-8-10-17(11-9-16)25-12-4-5-13-25/h2-13H,14-15H2,1H3. The fourth-order valence-corrected chi connectivity index (χ4v) is 3.90. The highest BCUT2D eigenvalue weighted by atomic mass is 32.1. The van der Waals surface area contributed by atoms with Crippen LogP contribution in [-0.4, -0.2) is 40.0 Å². The summed E-state index contributed by atoms with van der Waals surface area (Å²) in [6.07, 6.45) is 3.85. The number of hydrogen-bond acceptors (Lipinski definition) is 5. The molecule has 7 heteroatoms. The molecule has 0 aliphatic heterocycles. The van der Waals surface area contributed by atoms with Crippen LogP contribution in [0.15, 0.2) is 73.1 Å². The first kappa shape index (κ1) is 18.9. The Morgan fingerprint density at radius 3 is 2.48 bits per heavy atom. The molecule has 4 aromatic rings. The monoisotopic (exact) mass is 405 g/mol. The molecule has 0 aliphatic rings. The molecule has 0 spiro atoms. The Balaban J connectivity index is 1.31. The topological polar surface area (TPSA) is 64.4 Å². The Morgan fingerprint density at radius 2 is 1.76 bits per heavy atom. The number of fused-ring (bicyclic) bond motifs is 1. The lowest BCUT2D eigenvalue weighted by molar-refractivity contribution is -0.133. The first-order valence-electron chi connectivity index (χ1n) is 9.09. The molecule has 0 N–H and O–H groups in total. The molecule has 0 fully saturated rings. The van der Waals surface area contributed by atoms with Crippen molar-refractivity contribution in [3.8, 4) is 5.69 Å². The normalized spacial score (nSPS) is 10.8. The number of likely N-dealkylation sites (N-methyl/N-ethyl adjacent to an activating group) is 1. The van der Waals surface area contributed by atoms with E-state index in [1.165, 1.54) is 4.90 Å². The minimum atomic E-state index is -0.522. The van der Waals surface area contributed by atoms with Crippen molar-refractivity contribution in [3.63, 3.8) is 0 Å². The fraction of sp³-hybridized carbons (Fsp3) is 0.136. The van der Waals surface area contributed by atoms with Gasteiger partial charge < -0.3 is 14.2 Å². The Morgan fingerprint density at radius 1 is 1.03 bits per heavy atom. The van der Waals surface area contributed by atoms with Gasteiger partial charge in [0.15, 0.2) is 6.61 Å². The van der Waals surface area contributed by atoms with Gasteiger partial charge in [-0.3, -0.25) is 4.79 Å².